The Kier molecular flexibility index (Phi) is 3.18. The lowest BCUT2D eigenvalue weighted by Crippen LogP contribution is -2.36. The maximum Gasteiger partial charge on any atom is 0.181 e. The molecule has 1 aliphatic heterocycles. The van der Waals surface area contributed by atoms with E-state index in [-0.39, 0.29) is 10.8 Å². The van der Waals surface area contributed by atoms with Crippen molar-refractivity contribution in [3.8, 4) is 0 Å². The number of hydrogen-bond acceptors (Lipinski definition) is 3. The third kappa shape index (κ3) is 2.11. The van der Waals surface area contributed by atoms with Crippen LogP contribution in [0.2, 0.25) is 0 Å². The normalized spacial score (nSPS) is 28.3. The fourth-order valence-electron chi connectivity index (χ4n) is 3.16. The summed E-state index contributed by atoms with van der Waals surface area (Å²) in [5.41, 5.74) is 0.771. The highest BCUT2D eigenvalue weighted by molar-refractivity contribution is 7.92. The third-order valence-electron chi connectivity index (χ3n) is 4.65. The van der Waals surface area contributed by atoms with Gasteiger partial charge < -0.3 is 5.32 Å². The zero-order valence-corrected chi connectivity index (χ0v) is 12.2. The summed E-state index contributed by atoms with van der Waals surface area (Å²) in [4.78, 5) is 0.552. The Hall–Kier alpha value is -0.870. The van der Waals surface area contributed by atoms with Crippen molar-refractivity contribution in [2.75, 3.05) is 6.54 Å². The summed E-state index contributed by atoms with van der Waals surface area (Å²) in [5, 5.41) is 3.32. The maximum atomic E-state index is 12.7. The number of benzene rings is 1. The van der Waals surface area contributed by atoms with Gasteiger partial charge in [0.2, 0.25) is 0 Å². The molecule has 104 valence electrons. The first-order valence-electron chi connectivity index (χ1n) is 7.12. The van der Waals surface area contributed by atoms with Crippen molar-refractivity contribution in [2.45, 2.75) is 54.7 Å². The first-order chi connectivity index (χ1) is 9.04. The van der Waals surface area contributed by atoms with Gasteiger partial charge in [-0.25, -0.2) is 8.42 Å². The summed E-state index contributed by atoms with van der Waals surface area (Å²) >= 11 is 0. The quantitative estimate of drug-likeness (QED) is 0.925. The number of rotatable bonds is 3. The monoisotopic (exact) mass is 279 g/mol. The van der Waals surface area contributed by atoms with Gasteiger partial charge in [0.15, 0.2) is 9.84 Å². The van der Waals surface area contributed by atoms with E-state index in [1.165, 1.54) is 0 Å². The Morgan fingerprint density at radius 2 is 1.95 bits per heavy atom. The van der Waals surface area contributed by atoms with Gasteiger partial charge in [0.25, 0.3) is 0 Å². The molecule has 3 nitrogen and oxygen atoms in total. The molecule has 19 heavy (non-hydrogen) atoms. The second kappa shape index (κ2) is 4.60. The minimum atomic E-state index is -3.15. The minimum absolute atomic E-state index is 0.154. The maximum absolute atomic E-state index is 12.7. The molecule has 1 saturated heterocycles. The van der Waals surface area contributed by atoms with Crippen LogP contribution >= 0.6 is 0 Å². The van der Waals surface area contributed by atoms with Gasteiger partial charge in [-0.1, -0.05) is 24.6 Å². The van der Waals surface area contributed by atoms with E-state index in [1.807, 2.05) is 18.2 Å². The number of nitrogens with one attached hydrogen (secondary N) is 1. The van der Waals surface area contributed by atoms with Crippen LogP contribution in [0.5, 0.6) is 0 Å². The van der Waals surface area contributed by atoms with Gasteiger partial charge in [0, 0.05) is 5.54 Å². The summed E-state index contributed by atoms with van der Waals surface area (Å²) in [6.07, 6.45) is 4.79. The van der Waals surface area contributed by atoms with Crippen LogP contribution < -0.4 is 5.32 Å². The van der Waals surface area contributed by atoms with Crippen molar-refractivity contribution in [2.24, 2.45) is 0 Å². The fourth-order valence-corrected chi connectivity index (χ4v) is 5.34. The first-order valence-corrected chi connectivity index (χ1v) is 8.67. The molecule has 1 heterocycles. The molecule has 0 bridgehead atoms. The van der Waals surface area contributed by atoms with E-state index in [4.69, 9.17) is 0 Å². The van der Waals surface area contributed by atoms with Gasteiger partial charge in [0.05, 0.1) is 10.1 Å². The predicted molar refractivity (Wildman–Crippen MR) is 75.9 cm³/mol. The molecule has 0 radical (unpaired) electrons. The molecule has 2 aliphatic rings. The van der Waals surface area contributed by atoms with Crippen molar-refractivity contribution in [3.05, 3.63) is 29.8 Å². The van der Waals surface area contributed by atoms with Crippen LogP contribution in [-0.4, -0.2) is 20.2 Å². The SMILES string of the molecule is CC1(c2ccccc2S(=O)(=O)C2CCC2)CCCN1. The summed E-state index contributed by atoms with van der Waals surface area (Å²) in [6.45, 7) is 3.09. The van der Waals surface area contributed by atoms with Crippen LogP contribution in [0.15, 0.2) is 29.2 Å². The fraction of sp³-hybridized carbons (Fsp3) is 0.600. The van der Waals surface area contributed by atoms with E-state index < -0.39 is 9.84 Å². The second-order valence-electron chi connectivity index (χ2n) is 5.96. The summed E-state index contributed by atoms with van der Waals surface area (Å²) in [7, 11) is -3.15. The van der Waals surface area contributed by atoms with Crippen LogP contribution in [0.25, 0.3) is 0 Å². The molecular weight excluding hydrogens is 258 g/mol. The van der Waals surface area contributed by atoms with Crippen molar-refractivity contribution in [1.82, 2.24) is 5.32 Å². The van der Waals surface area contributed by atoms with Crippen LogP contribution in [0, 0.1) is 0 Å². The highest BCUT2D eigenvalue weighted by Crippen LogP contribution is 2.38. The van der Waals surface area contributed by atoms with Gasteiger partial charge in [-0.15, -0.1) is 0 Å². The molecule has 0 spiro atoms. The zero-order valence-electron chi connectivity index (χ0n) is 11.4. The van der Waals surface area contributed by atoms with E-state index in [9.17, 15) is 8.42 Å². The topological polar surface area (TPSA) is 46.2 Å². The van der Waals surface area contributed by atoms with Crippen molar-refractivity contribution in [1.29, 1.82) is 0 Å². The highest BCUT2D eigenvalue weighted by Gasteiger charge is 2.39. The van der Waals surface area contributed by atoms with Crippen LogP contribution in [0.4, 0.5) is 0 Å². The molecule has 0 aromatic heterocycles. The zero-order chi connectivity index (χ0) is 13.5. The summed E-state index contributed by atoms with van der Waals surface area (Å²) in [5.74, 6) is 0. The largest absolute Gasteiger partial charge is 0.308 e. The third-order valence-corrected chi connectivity index (χ3v) is 6.97. The van der Waals surface area contributed by atoms with E-state index >= 15 is 0 Å². The Morgan fingerprint density at radius 3 is 2.53 bits per heavy atom. The first kappa shape index (κ1) is 13.1. The van der Waals surface area contributed by atoms with Gasteiger partial charge >= 0.3 is 0 Å². The summed E-state index contributed by atoms with van der Waals surface area (Å²) in [6, 6.07) is 7.55. The minimum Gasteiger partial charge on any atom is -0.308 e. The molecule has 1 aromatic carbocycles. The Labute approximate surface area is 115 Å². The standard InChI is InChI=1S/C15H21NO2S/c1-15(10-5-11-16-15)13-8-2-3-9-14(13)19(17,18)12-6-4-7-12/h2-3,8-9,12,16H,4-7,10-11H2,1H3. The van der Waals surface area contributed by atoms with Crippen LogP contribution in [0.3, 0.4) is 0 Å². The lowest BCUT2D eigenvalue weighted by atomic mass is 9.90. The van der Waals surface area contributed by atoms with E-state index in [2.05, 4.69) is 12.2 Å². The molecule has 0 amide bonds. The average Bonchev–Trinajstić information content (AvgIpc) is 2.75. The van der Waals surface area contributed by atoms with Crippen LogP contribution in [-0.2, 0) is 15.4 Å². The summed E-state index contributed by atoms with van der Waals surface area (Å²) < 4.78 is 25.4. The van der Waals surface area contributed by atoms with E-state index in [0.29, 0.717) is 4.90 Å². The second-order valence-corrected chi connectivity index (χ2v) is 8.15. The lowest BCUT2D eigenvalue weighted by molar-refractivity contribution is 0.422. The molecule has 3 rings (SSSR count). The van der Waals surface area contributed by atoms with Crippen molar-refractivity contribution >= 4 is 9.84 Å². The molecule has 4 heteroatoms. The van der Waals surface area contributed by atoms with E-state index in [0.717, 1.165) is 44.2 Å². The lowest BCUT2D eigenvalue weighted by Gasteiger charge is -2.31. The van der Waals surface area contributed by atoms with Gasteiger partial charge in [-0.05, 0) is 50.8 Å². The van der Waals surface area contributed by atoms with E-state index in [1.54, 1.807) is 6.07 Å². The average molecular weight is 279 g/mol. The Bertz CT molecular complexity index is 570. The Morgan fingerprint density at radius 1 is 1.21 bits per heavy atom. The van der Waals surface area contributed by atoms with Crippen molar-refractivity contribution in [3.63, 3.8) is 0 Å². The molecular formula is C15H21NO2S. The smallest absolute Gasteiger partial charge is 0.181 e. The Balaban J connectivity index is 2.07. The molecule has 1 aromatic rings. The van der Waals surface area contributed by atoms with Crippen molar-refractivity contribution < 1.29 is 8.42 Å². The molecule has 1 aliphatic carbocycles. The molecule has 1 saturated carbocycles. The van der Waals surface area contributed by atoms with Gasteiger partial charge in [0.1, 0.15) is 0 Å². The van der Waals surface area contributed by atoms with Crippen LogP contribution in [0.1, 0.15) is 44.6 Å². The molecule has 2 fully saturated rings. The number of hydrogen-bond donors (Lipinski definition) is 1. The molecule has 1 unspecified atom stereocenters. The number of sulfone groups is 1. The highest BCUT2D eigenvalue weighted by atomic mass is 32.2. The van der Waals surface area contributed by atoms with Gasteiger partial charge in [-0.3, -0.25) is 0 Å². The van der Waals surface area contributed by atoms with Gasteiger partial charge in [-0.2, -0.15) is 0 Å². The molecule has 1 N–H and O–H groups in total. The predicted octanol–water partition coefficient (Wildman–Crippen LogP) is 2.61. The molecule has 1 atom stereocenters.